The van der Waals surface area contributed by atoms with Gasteiger partial charge in [0.25, 0.3) is 11.1 Å². The molecule has 1 aliphatic heterocycles. The van der Waals surface area contributed by atoms with E-state index in [1.54, 1.807) is 37.3 Å². The Morgan fingerprint density at radius 1 is 1.14 bits per heavy atom. The van der Waals surface area contributed by atoms with Crippen molar-refractivity contribution in [3.8, 4) is 5.75 Å². The first kappa shape index (κ1) is 26.3. The second-order valence-corrected chi connectivity index (χ2v) is 9.04. The van der Waals surface area contributed by atoms with Crippen LogP contribution in [0.1, 0.15) is 43.1 Å². The lowest BCUT2D eigenvalue weighted by atomic mass is 10.2. The van der Waals surface area contributed by atoms with Crippen molar-refractivity contribution in [2.45, 2.75) is 33.3 Å². The van der Waals surface area contributed by atoms with Crippen molar-refractivity contribution < 1.29 is 28.7 Å². The largest absolute Gasteiger partial charge is 0.491 e. The first-order valence-electron chi connectivity index (χ1n) is 11.0. The number of carbonyl (C=O) groups is 4. The van der Waals surface area contributed by atoms with Gasteiger partial charge in [0, 0.05) is 5.69 Å². The molecular weight excluding hydrogens is 492 g/mol. The van der Waals surface area contributed by atoms with Crippen LogP contribution in [0.4, 0.5) is 10.5 Å². The van der Waals surface area contributed by atoms with Crippen molar-refractivity contribution in [3.05, 3.63) is 63.5 Å². The molecule has 1 heterocycles. The van der Waals surface area contributed by atoms with Gasteiger partial charge in [0.05, 0.1) is 28.2 Å². The molecule has 1 saturated heterocycles. The Morgan fingerprint density at radius 2 is 1.86 bits per heavy atom. The van der Waals surface area contributed by atoms with Crippen molar-refractivity contribution in [2.75, 3.05) is 18.5 Å². The Hall–Kier alpha value is -3.30. The summed E-state index contributed by atoms with van der Waals surface area (Å²) in [4.78, 5) is 50.7. The maximum absolute atomic E-state index is 12.8. The standard InChI is InChI=1S/C25H25ClN2O6S/c1-4-15(3)34-18-9-6-16(7-10-18)12-21-23(30)28(25(32)35-21)14-22(29)27-17-8-11-20(26)19(13-17)24(31)33-5-2/h6-13,15H,4-5,14H2,1-3H3,(H,27,29)/b21-12-/t15-/m0/s1. The van der Waals surface area contributed by atoms with Gasteiger partial charge in [0.1, 0.15) is 12.3 Å². The number of anilines is 1. The Kier molecular flexibility index (Phi) is 8.95. The van der Waals surface area contributed by atoms with Gasteiger partial charge < -0.3 is 14.8 Å². The van der Waals surface area contributed by atoms with Gasteiger partial charge in [0.15, 0.2) is 0 Å². The molecule has 0 radical (unpaired) electrons. The number of hydrogen-bond donors (Lipinski definition) is 1. The zero-order valence-electron chi connectivity index (χ0n) is 19.5. The van der Waals surface area contributed by atoms with Gasteiger partial charge in [0.2, 0.25) is 5.91 Å². The van der Waals surface area contributed by atoms with Crippen LogP contribution in [0.25, 0.3) is 6.08 Å². The number of carbonyl (C=O) groups excluding carboxylic acids is 4. The maximum atomic E-state index is 12.8. The summed E-state index contributed by atoms with van der Waals surface area (Å²) in [5, 5.41) is 2.20. The van der Waals surface area contributed by atoms with Crippen LogP contribution in [0.15, 0.2) is 47.4 Å². The molecule has 1 aliphatic rings. The van der Waals surface area contributed by atoms with E-state index in [-0.39, 0.29) is 33.9 Å². The first-order chi connectivity index (χ1) is 16.7. The predicted octanol–water partition coefficient (Wildman–Crippen LogP) is 5.37. The molecule has 0 saturated carbocycles. The smallest absolute Gasteiger partial charge is 0.339 e. The molecule has 3 amide bonds. The number of hydrogen-bond acceptors (Lipinski definition) is 7. The summed E-state index contributed by atoms with van der Waals surface area (Å²) < 4.78 is 10.7. The van der Waals surface area contributed by atoms with E-state index in [0.717, 1.165) is 34.4 Å². The normalized spacial score (nSPS) is 15.3. The third-order valence-corrected chi connectivity index (χ3v) is 6.25. The molecule has 35 heavy (non-hydrogen) atoms. The number of ether oxygens (including phenoxy) is 2. The van der Waals surface area contributed by atoms with Crippen molar-refractivity contribution in [1.29, 1.82) is 0 Å². The van der Waals surface area contributed by atoms with E-state index >= 15 is 0 Å². The molecule has 1 fully saturated rings. The van der Waals surface area contributed by atoms with E-state index in [1.807, 2.05) is 13.8 Å². The molecule has 1 atom stereocenters. The van der Waals surface area contributed by atoms with Crippen molar-refractivity contribution in [2.24, 2.45) is 0 Å². The number of halogens is 1. The molecule has 0 spiro atoms. The zero-order valence-corrected chi connectivity index (χ0v) is 21.1. The minimum absolute atomic E-state index is 0.0909. The predicted molar refractivity (Wildman–Crippen MR) is 136 cm³/mol. The van der Waals surface area contributed by atoms with Crippen LogP contribution >= 0.6 is 23.4 Å². The number of nitrogens with one attached hydrogen (secondary N) is 1. The third-order valence-electron chi connectivity index (χ3n) is 5.01. The lowest BCUT2D eigenvalue weighted by molar-refractivity contribution is -0.127. The Balaban J connectivity index is 1.65. The van der Waals surface area contributed by atoms with E-state index in [0.29, 0.717) is 0 Å². The summed E-state index contributed by atoms with van der Waals surface area (Å²) in [6, 6.07) is 11.5. The molecule has 8 nitrogen and oxygen atoms in total. The van der Waals surface area contributed by atoms with E-state index in [9.17, 15) is 19.2 Å². The van der Waals surface area contributed by atoms with Gasteiger partial charge in [-0.2, -0.15) is 0 Å². The van der Waals surface area contributed by atoms with Crippen LogP contribution in [-0.4, -0.2) is 47.2 Å². The average Bonchev–Trinajstić information content (AvgIpc) is 3.08. The number of amides is 3. The van der Waals surface area contributed by atoms with Gasteiger partial charge >= 0.3 is 5.97 Å². The fourth-order valence-corrected chi connectivity index (χ4v) is 4.09. The molecule has 2 aromatic rings. The molecular formula is C25H25ClN2O6S. The summed E-state index contributed by atoms with van der Waals surface area (Å²) in [7, 11) is 0. The number of benzene rings is 2. The Morgan fingerprint density at radius 3 is 2.51 bits per heavy atom. The van der Waals surface area contributed by atoms with Crippen LogP contribution < -0.4 is 10.1 Å². The number of imide groups is 1. The maximum Gasteiger partial charge on any atom is 0.339 e. The Bertz CT molecular complexity index is 1170. The molecule has 0 aromatic heterocycles. The molecule has 3 rings (SSSR count). The number of nitrogens with zero attached hydrogens (tertiary/aromatic N) is 1. The highest BCUT2D eigenvalue weighted by Crippen LogP contribution is 2.32. The van der Waals surface area contributed by atoms with Gasteiger partial charge in [-0.3, -0.25) is 19.3 Å². The van der Waals surface area contributed by atoms with Crippen LogP contribution in [0.3, 0.4) is 0 Å². The SMILES string of the molecule is CCOC(=O)c1cc(NC(=O)CN2C(=O)S/C(=C\c3ccc(O[C@@H](C)CC)cc3)C2=O)ccc1Cl. The first-order valence-corrected chi connectivity index (χ1v) is 12.2. The van der Waals surface area contributed by atoms with E-state index in [1.165, 1.54) is 18.2 Å². The molecule has 0 unspecified atom stereocenters. The highest BCUT2D eigenvalue weighted by atomic mass is 35.5. The summed E-state index contributed by atoms with van der Waals surface area (Å²) in [6.07, 6.45) is 2.57. The van der Waals surface area contributed by atoms with Crippen LogP contribution in [0, 0.1) is 0 Å². The second-order valence-electron chi connectivity index (χ2n) is 7.64. The average molecular weight is 517 g/mol. The number of thioether (sulfide) groups is 1. The van der Waals surface area contributed by atoms with Crippen molar-refractivity contribution in [1.82, 2.24) is 4.90 Å². The zero-order chi connectivity index (χ0) is 25.5. The van der Waals surface area contributed by atoms with E-state index in [2.05, 4.69) is 5.32 Å². The number of esters is 1. The van der Waals surface area contributed by atoms with Crippen LogP contribution in [-0.2, 0) is 14.3 Å². The molecule has 184 valence electrons. The fourth-order valence-electron chi connectivity index (χ4n) is 3.06. The number of rotatable bonds is 9. The topological polar surface area (TPSA) is 102 Å². The lowest BCUT2D eigenvalue weighted by Crippen LogP contribution is -2.36. The quantitative estimate of drug-likeness (QED) is 0.353. The van der Waals surface area contributed by atoms with Crippen LogP contribution in [0.2, 0.25) is 5.02 Å². The van der Waals surface area contributed by atoms with E-state index < -0.39 is 29.6 Å². The highest BCUT2D eigenvalue weighted by molar-refractivity contribution is 8.18. The third kappa shape index (κ3) is 6.86. The molecule has 0 aliphatic carbocycles. The molecule has 1 N–H and O–H groups in total. The van der Waals surface area contributed by atoms with Gasteiger partial charge in [-0.15, -0.1) is 0 Å². The molecule has 10 heteroatoms. The minimum Gasteiger partial charge on any atom is -0.491 e. The molecule has 2 aromatic carbocycles. The highest BCUT2D eigenvalue weighted by Gasteiger charge is 2.36. The second kappa shape index (κ2) is 11.9. The Labute approximate surface area is 212 Å². The lowest BCUT2D eigenvalue weighted by Gasteiger charge is -2.13. The monoisotopic (exact) mass is 516 g/mol. The van der Waals surface area contributed by atoms with Gasteiger partial charge in [-0.05, 0) is 74.0 Å². The summed E-state index contributed by atoms with van der Waals surface area (Å²) in [5.41, 5.74) is 1.11. The summed E-state index contributed by atoms with van der Waals surface area (Å²) in [6.45, 7) is 5.38. The summed E-state index contributed by atoms with van der Waals surface area (Å²) >= 11 is 6.80. The minimum atomic E-state index is -0.621. The molecule has 0 bridgehead atoms. The van der Waals surface area contributed by atoms with Crippen LogP contribution in [0.5, 0.6) is 5.75 Å². The van der Waals surface area contributed by atoms with E-state index in [4.69, 9.17) is 21.1 Å². The summed E-state index contributed by atoms with van der Waals surface area (Å²) in [5.74, 6) is -1.06. The van der Waals surface area contributed by atoms with Gasteiger partial charge in [-0.25, -0.2) is 4.79 Å². The van der Waals surface area contributed by atoms with Crippen molar-refractivity contribution in [3.63, 3.8) is 0 Å². The van der Waals surface area contributed by atoms with Crippen molar-refractivity contribution >= 4 is 58.1 Å². The fraction of sp³-hybridized carbons (Fsp3) is 0.280. The van der Waals surface area contributed by atoms with Gasteiger partial charge in [-0.1, -0.05) is 30.7 Å².